The van der Waals surface area contributed by atoms with Crippen molar-refractivity contribution in [2.24, 2.45) is 0 Å². The van der Waals surface area contributed by atoms with Crippen LogP contribution in [0.15, 0.2) is 0 Å². The highest BCUT2D eigenvalue weighted by Crippen LogP contribution is 2.13. The van der Waals surface area contributed by atoms with Crippen LogP contribution in [0.25, 0.3) is 0 Å². The fourth-order valence-electron chi connectivity index (χ4n) is 3.92. The Balaban J connectivity index is 3.32. The third-order valence-corrected chi connectivity index (χ3v) is 5.88. The van der Waals surface area contributed by atoms with Gasteiger partial charge >= 0.3 is 0 Å². The smallest absolute Gasteiger partial charge is 0.219 e. The first kappa shape index (κ1) is 29.4. The molecule has 0 spiro atoms. The molecule has 2 unspecified atom stereocenters. The lowest BCUT2D eigenvalue weighted by atomic mass is 10.0. The average molecular weight is 429 g/mol. The summed E-state index contributed by atoms with van der Waals surface area (Å²) in [6, 6.07) is 0. The summed E-state index contributed by atoms with van der Waals surface area (Å²) >= 11 is 0. The normalized spacial score (nSPS) is 13.5. The van der Waals surface area contributed by atoms with Crippen LogP contribution in [0.4, 0.5) is 0 Å². The average Bonchev–Trinajstić information content (AvgIpc) is 2.70. The SMILES string of the molecule is CCCCCCCCCCCCCCCCCC(=O)NCCCN(C(C)O)C(C)O. The van der Waals surface area contributed by atoms with Gasteiger partial charge in [-0.05, 0) is 26.7 Å². The molecule has 2 atom stereocenters. The Morgan fingerprint density at radius 1 is 0.700 bits per heavy atom. The van der Waals surface area contributed by atoms with Crippen molar-refractivity contribution >= 4 is 5.91 Å². The number of hydrogen-bond acceptors (Lipinski definition) is 4. The molecule has 0 rings (SSSR count). The van der Waals surface area contributed by atoms with E-state index in [-0.39, 0.29) is 5.91 Å². The van der Waals surface area contributed by atoms with Crippen molar-refractivity contribution in [3.8, 4) is 0 Å². The van der Waals surface area contributed by atoms with Gasteiger partial charge in [0.15, 0.2) is 0 Å². The molecular weight excluding hydrogens is 376 g/mol. The van der Waals surface area contributed by atoms with Crippen LogP contribution in [0.1, 0.15) is 130 Å². The lowest BCUT2D eigenvalue weighted by molar-refractivity contribution is -0.121. The fraction of sp³-hybridized carbons (Fsp3) is 0.960. The van der Waals surface area contributed by atoms with Crippen LogP contribution in [0.2, 0.25) is 0 Å². The number of carbonyl (C=O) groups excluding carboxylic acids is 1. The minimum Gasteiger partial charge on any atom is -0.379 e. The first-order valence-electron chi connectivity index (χ1n) is 12.9. The monoisotopic (exact) mass is 428 g/mol. The summed E-state index contributed by atoms with van der Waals surface area (Å²) in [5, 5.41) is 22.1. The largest absolute Gasteiger partial charge is 0.379 e. The number of carbonyl (C=O) groups is 1. The zero-order chi connectivity index (χ0) is 22.5. The number of nitrogens with zero attached hydrogens (tertiary/aromatic N) is 1. The fourth-order valence-corrected chi connectivity index (χ4v) is 3.92. The van der Waals surface area contributed by atoms with E-state index in [1.807, 2.05) is 0 Å². The topological polar surface area (TPSA) is 72.8 Å². The Morgan fingerprint density at radius 3 is 1.50 bits per heavy atom. The minimum absolute atomic E-state index is 0.116. The maximum Gasteiger partial charge on any atom is 0.219 e. The number of rotatable bonds is 22. The summed E-state index contributed by atoms with van der Waals surface area (Å²) in [6.07, 6.45) is 20.0. The predicted molar refractivity (Wildman–Crippen MR) is 127 cm³/mol. The van der Waals surface area contributed by atoms with Gasteiger partial charge in [-0.3, -0.25) is 9.69 Å². The van der Waals surface area contributed by atoms with Crippen molar-refractivity contribution in [3.63, 3.8) is 0 Å². The van der Waals surface area contributed by atoms with Crippen molar-refractivity contribution in [3.05, 3.63) is 0 Å². The van der Waals surface area contributed by atoms with E-state index in [2.05, 4.69) is 12.2 Å². The Morgan fingerprint density at radius 2 is 1.10 bits per heavy atom. The number of amides is 1. The zero-order valence-corrected chi connectivity index (χ0v) is 20.3. The molecule has 180 valence electrons. The second-order valence-corrected chi connectivity index (χ2v) is 8.90. The van der Waals surface area contributed by atoms with Gasteiger partial charge in [0, 0.05) is 19.5 Å². The van der Waals surface area contributed by atoms with Gasteiger partial charge in [-0.1, -0.05) is 96.8 Å². The van der Waals surface area contributed by atoms with E-state index in [0.717, 1.165) is 19.3 Å². The van der Waals surface area contributed by atoms with Gasteiger partial charge in [0.2, 0.25) is 5.91 Å². The number of hydrogen-bond donors (Lipinski definition) is 3. The molecule has 5 nitrogen and oxygen atoms in total. The first-order chi connectivity index (χ1) is 14.5. The summed E-state index contributed by atoms with van der Waals surface area (Å²) in [6.45, 7) is 6.71. The van der Waals surface area contributed by atoms with Gasteiger partial charge < -0.3 is 15.5 Å². The van der Waals surface area contributed by atoms with Crippen molar-refractivity contribution in [2.75, 3.05) is 13.1 Å². The molecule has 0 aliphatic rings. The standard InChI is InChI=1S/C25H52N2O3/c1-4-5-6-7-8-9-10-11-12-13-14-15-16-17-18-20-25(30)26-21-19-22-27(23(2)28)24(3)29/h23-24,28-29H,4-22H2,1-3H3,(H,26,30). The summed E-state index contributed by atoms with van der Waals surface area (Å²) < 4.78 is 0. The highest BCUT2D eigenvalue weighted by molar-refractivity contribution is 5.75. The molecule has 0 bridgehead atoms. The molecule has 3 N–H and O–H groups in total. The van der Waals surface area contributed by atoms with E-state index < -0.39 is 12.5 Å². The summed E-state index contributed by atoms with van der Waals surface area (Å²) in [5.41, 5.74) is 0. The molecule has 0 saturated heterocycles. The highest BCUT2D eigenvalue weighted by atomic mass is 16.3. The number of nitrogens with one attached hydrogen (secondary N) is 1. The second kappa shape index (κ2) is 21.6. The lowest BCUT2D eigenvalue weighted by Gasteiger charge is -2.27. The van der Waals surface area contributed by atoms with Gasteiger partial charge in [-0.25, -0.2) is 0 Å². The van der Waals surface area contributed by atoms with Gasteiger partial charge in [0.25, 0.3) is 0 Å². The Bertz CT molecular complexity index is 367. The Kier molecular flexibility index (Phi) is 21.1. The van der Waals surface area contributed by atoms with Crippen LogP contribution in [-0.4, -0.2) is 46.6 Å². The summed E-state index contributed by atoms with van der Waals surface area (Å²) in [7, 11) is 0. The van der Waals surface area contributed by atoms with E-state index in [9.17, 15) is 15.0 Å². The molecule has 30 heavy (non-hydrogen) atoms. The molecule has 0 aromatic carbocycles. The first-order valence-corrected chi connectivity index (χ1v) is 12.9. The van der Waals surface area contributed by atoms with Crippen LogP contribution in [0.3, 0.4) is 0 Å². The lowest BCUT2D eigenvalue weighted by Crippen LogP contribution is -2.41. The van der Waals surface area contributed by atoms with Crippen LogP contribution in [0.5, 0.6) is 0 Å². The zero-order valence-electron chi connectivity index (χ0n) is 20.3. The molecule has 0 saturated carbocycles. The van der Waals surface area contributed by atoms with E-state index >= 15 is 0 Å². The molecular formula is C25H52N2O3. The predicted octanol–water partition coefficient (Wildman–Crippen LogP) is 5.73. The van der Waals surface area contributed by atoms with Crippen LogP contribution in [-0.2, 0) is 4.79 Å². The maximum absolute atomic E-state index is 11.9. The highest BCUT2D eigenvalue weighted by Gasteiger charge is 2.15. The molecule has 0 aliphatic heterocycles. The molecule has 5 heteroatoms. The molecule has 0 aromatic heterocycles. The van der Waals surface area contributed by atoms with Crippen LogP contribution < -0.4 is 5.32 Å². The van der Waals surface area contributed by atoms with Gasteiger partial charge in [0.1, 0.15) is 12.5 Å². The maximum atomic E-state index is 11.9. The van der Waals surface area contributed by atoms with Crippen molar-refractivity contribution in [1.29, 1.82) is 0 Å². The van der Waals surface area contributed by atoms with Crippen molar-refractivity contribution in [1.82, 2.24) is 10.2 Å². The molecule has 0 fully saturated rings. The van der Waals surface area contributed by atoms with Gasteiger partial charge in [-0.2, -0.15) is 0 Å². The molecule has 0 aromatic rings. The molecule has 0 aliphatic carbocycles. The Labute approximate surface area is 187 Å². The van der Waals surface area contributed by atoms with Gasteiger partial charge in [0.05, 0.1) is 0 Å². The van der Waals surface area contributed by atoms with Crippen molar-refractivity contribution in [2.45, 2.75) is 142 Å². The van der Waals surface area contributed by atoms with E-state index in [1.54, 1.807) is 18.7 Å². The molecule has 0 heterocycles. The molecule has 1 amide bonds. The van der Waals surface area contributed by atoms with E-state index in [4.69, 9.17) is 0 Å². The van der Waals surface area contributed by atoms with E-state index in [1.165, 1.54) is 83.5 Å². The van der Waals surface area contributed by atoms with Crippen molar-refractivity contribution < 1.29 is 15.0 Å². The number of aliphatic hydroxyl groups is 2. The second-order valence-electron chi connectivity index (χ2n) is 8.90. The Hall–Kier alpha value is -0.650. The van der Waals surface area contributed by atoms with Crippen LogP contribution in [0, 0.1) is 0 Å². The van der Waals surface area contributed by atoms with E-state index in [0.29, 0.717) is 19.5 Å². The summed E-state index contributed by atoms with van der Waals surface area (Å²) in [5.74, 6) is 0.116. The minimum atomic E-state index is -0.680. The molecule has 0 radical (unpaired) electrons. The third-order valence-electron chi connectivity index (χ3n) is 5.88. The van der Waals surface area contributed by atoms with Gasteiger partial charge in [-0.15, -0.1) is 0 Å². The summed E-state index contributed by atoms with van der Waals surface area (Å²) in [4.78, 5) is 13.5. The number of unbranched alkanes of at least 4 members (excludes halogenated alkanes) is 14. The third kappa shape index (κ3) is 19.3. The quantitative estimate of drug-likeness (QED) is 0.152. The van der Waals surface area contributed by atoms with Crippen LogP contribution >= 0.6 is 0 Å². The number of aliphatic hydroxyl groups excluding tert-OH is 2.